The maximum atomic E-state index is 12.4. The second-order valence-corrected chi connectivity index (χ2v) is 5.69. The Balaban J connectivity index is 1.89. The number of likely N-dealkylation sites (N-methyl/N-ethyl adjacent to an activating group) is 1. The molecule has 0 aromatic rings. The summed E-state index contributed by atoms with van der Waals surface area (Å²) in [6, 6.07) is 0.589. The van der Waals surface area contributed by atoms with Gasteiger partial charge in [-0.05, 0) is 38.1 Å². The zero-order valence-electron chi connectivity index (χ0n) is 11.2. The fraction of sp³-hybridized carbons (Fsp3) is 0.929. The van der Waals surface area contributed by atoms with E-state index in [-0.39, 0.29) is 6.04 Å². The van der Waals surface area contributed by atoms with Crippen molar-refractivity contribution in [3.8, 4) is 0 Å². The third-order valence-electron chi connectivity index (χ3n) is 4.61. The number of nitrogens with zero attached hydrogens (tertiary/aromatic N) is 1. The van der Waals surface area contributed by atoms with Gasteiger partial charge in [0, 0.05) is 13.1 Å². The van der Waals surface area contributed by atoms with E-state index in [4.69, 9.17) is 0 Å². The molecule has 2 atom stereocenters. The lowest BCUT2D eigenvalue weighted by Crippen LogP contribution is -2.51. The van der Waals surface area contributed by atoms with Gasteiger partial charge in [0.05, 0.1) is 6.04 Å². The summed E-state index contributed by atoms with van der Waals surface area (Å²) in [5.41, 5.74) is 0. The fourth-order valence-electron chi connectivity index (χ4n) is 3.27. The minimum Gasteiger partial charge on any atom is -0.341 e. The zero-order chi connectivity index (χ0) is 12.3. The first-order chi connectivity index (χ1) is 8.22. The highest BCUT2D eigenvalue weighted by molar-refractivity contribution is 5.82. The van der Waals surface area contributed by atoms with Crippen LogP contribution in [0.3, 0.4) is 0 Å². The Morgan fingerprint density at radius 3 is 2.65 bits per heavy atom. The van der Waals surface area contributed by atoms with Gasteiger partial charge in [0.2, 0.25) is 5.91 Å². The van der Waals surface area contributed by atoms with Crippen molar-refractivity contribution < 1.29 is 4.79 Å². The summed E-state index contributed by atoms with van der Waals surface area (Å²) >= 11 is 0. The van der Waals surface area contributed by atoms with Crippen LogP contribution in [-0.2, 0) is 4.79 Å². The first-order valence-electron chi connectivity index (χ1n) is 7.22. The standard InChI is InChI=1S/C14H26N2O/c1-3-11-8-9-15-13(10-11)14(17)16(2)12-6-4-5-7-12/h11-13,15H,3-10H2,1-2H3. The first-order valence-corrected chi connectivity index (χ1v) is 7.22. The second-order valence-electron chi connectivity index (χ2n) is 5.69. The lowest BCUT2D eigenvalue weighted by molar-refractivity contribution is -0.135. The van der Waals surface area contributed by atoms with E-state index in [1.165, 1.54) is 38.5 Å². The van der Waals surface area contributed by atoms with Crippen LogP contribution >= 0.6 is 0 Å². The monoisotopic (exact) mass is 238 g/mol. The van der Waals surface area contributed by atoms with Crippen molar-refractivity contribution in [3.63, 3.8) is 0 Å². The predicted octanol–water partition coefficient (Wildman–Crippen LogP) is 2.17. The molecule has 98 valence electrons. The molecule has 1 amide bonds. The average molecular weight is 238 g/mol. The predicted molar refractivity (Wildman–Crippen MR) is 69.8 cm³/mol. The van der Waals surface area contributed by atoms with Gasteiger partial charge in [-0.2, -0.15) is 0 Å². The Kier molecular flexibility index (Phi) is 4.43. The highest BCUT2D eigenvalue weighted by Gasteiger charge is 2.31. The van der Waals surface area contributed by atoms with Gasteiger partial charge in [0.15, 0.2) is 0 Å². The molecule has 0 bridgehead atoms. The molecule has 1 saturated heterocycles. The van der Waals surface area contributed by atoms with Gasteiger partial charge in [0.1, 0.15) is 0 Å². The molecule has 1 saturated carbocycles. The number of hydrogen-bond donors (Lipinski definition) is 1. The van der Waals surface area contributed by atoms with Gasteiger partial charge in [-0.25, -0.2) is 0 Å². The van der Waals surface area contributed by atoms with Crippen LogP contribution in [0.5, 0.6) is 0 Å². The van der Waals surface area contributed by atoms with Crippen LogP contribution in [0.4, 0.5) is 0 Å². The highest BCUT2D eigenvalue weighted by atomic mass is 16.2. The van der Waals surface area contributed by atoms with E-state index >= 15 is 0 Å². The van der Waals surface area contributed by atoms with Gasteiger partial charge >= 0.3 is 0 Å². The summed E-state index contributed by atoms with van der Waals surface area (Å²) < 4.78 is 0. The van der Waals surface area contributed by atoms with E-state index in [0.29, 0.717) is 11.9 Å². The van der Waals surface area contributed by atoms with E-state index < -0.39 is 0 Å². The topological polar surface area (TPSA) is 32.3 Å². The third-order valence-corrected chi connectivity index (χ3v) is 4.61. The number of piperidine rings is 1. The normalized spacial score (nSPS) is 30.5. The molecule has 2 rings (SSSR count). The molecule has 2 fully saturated rings. The molecule has 3 heteroatoms. The zero-order valence-corrected chi connectivity index (χ0v) is 11.2. The molecular weight excluding hydrogens is 212 g/mol. The average Bonchev–Trinajstić information content (AvgIpc) is 2.91. The van der Waals surface area contributed by atoms with Gasteiger partial charge in [-0.15, -0.1) is 0 Å². The van der Waals surface area contributed by atoms with E-state index in [1.807, 2.05) is 11.9 Å². The first kappa shape index (κ1) is 12.9. The lowest BCUT2D eigenvalue weighted by atomic mass is 9.89. The number of carbonyl (C=O) groups excluding carboxylic acids is 1. The van der Waals surface area contributed by atoms with Crippen LogP contribution in [0.2, 0.25) is 0 Å². The van der Waals surface area contributed by atoms with Crippen LogP contribution in [-0.4, -0.2) is 36.5 Å². The van der Waals surface area contributed by atoms with E-state index in [1.54, 1.807) is 0 Å². The maximum Gasteiger partial charge on any atom is 0.239 e. The smallest absolute Gasteiger partial charge is 0.239 e. The van der Waals surface area contributed by atoms with Crippen molar-refractivity contribution in [2.24, 2.45) is 5.92 Å². The number of rotatable bonds is 3. The summed E-state index contributed by atoms with van der Waals surface area (Å²) in [4.78, 5) is 14.4. The molecule has 2 aliphatic rings. The Morgan fingerprint density at radius 2 is 2.00 bits per heavy atom. The van der Waals surface area contributed by atoms with Gasteiger partial charge in [-0.1, -0.05) is 26.2 Å². The Labute approximate surface area is 105 Å². The van der Waals surface area contributed by atoms with Crippen LogP contribution in [0.15, 0.2) is 0 Å². The van der Waals surface area contributed by atoms with Crippen LogP contribution < -0.4 is 5.32 Å². The van der Waals surface area contributed by atoms with Crippen molar-refractivity contribution in [1.82, 2.24) is 10.2 Å². The van der Waals surface area contributed by atoms with Crippen molar-refractivity contribution in [2.75, 3.05) is 13.6 Å². The van der Waals surface area contributed by atoms with Crippen molar-refractivity contribution in [1.29, 1.82) is 0 Å². The molecule has 1 aliphatic carbocycles. The Bertz CT molecular complexity index is 261. The SMILES string of the molecule is CCC1CCNC(C(=O)N(C)C2CCCC2)C1. The van der Waals surface area contributed by atoms with Crippen molar-refractivity contribution in [2.45, 2.75) is 64.0 Å². The van der Waals surface area contributed by atoms with Crippen LogP contribution in [0.25, 0.3) is 0 Å². The van der Waals surface area contributed by atoms with E-state index in [9.17, 15) is 4.79 Å². The molecule has 0 spiro atoms. The number of amides is 1. The lowest BCUT2D eigenvalue weighted by Gasteiger charge is -2.34. The van der Waals surface area contributed by atoms with Gasteiger partial charge in [-0.3, -0.25) is 4.79 Å². The number of hydrogen-bond acceptors (Lipinski definition) is 2. The summed E-state index contributed by atoms with van der Waals surface area (Å²) in [7, 11) is 2.00. The molecule has 3 nitrogen and oxygen atoms in total. The maximum absolute atomic E-state index is 12.4. The third kappa shape index (κ3) is 3.01. The molecule has 1 heterocycles. The van der Waals surface area contributed by atoms with Crippen LogP contribution in [0.1, 0.15) is 51.9 Å². The fourth-order valence-corrected chi connectivity index (χ4v) is 3.27. The molecule has 0 aromatic heterocycles. The van der Waals surface area contributed by atoms with Crippen LogP contribution in [0, 0.1) is 5.92 Å². The minimum atomic E-state index is 0.0827. The quantitative estimate of drug-likeness (QED) is 0.817. The van der Waals surface area contributed by atoms with Gasteiger partial charge in [0.25, 0.3) is 0 Å². The van der Waals surface area contributed by atoms with E-state index in [2.05, 4.69) is 12.2 Å². The Morgan fingerprint density at radius 1 is 1.29 bits per heavy atom. The van der Waals surface area contributed by atoms with E-state index in [0.717, 1.165) is 18.9 Å². The summed E-state index contributed by atoms with van der Waals surface area (Å²) in [5.74, 6) is 1.07. The second kappa shape index (κ2) is 5.85. The number of nitrogens with one attached hydrogen (secondary N) is 1. The Hall–Kier alpha value is -0.570. The van der Waals surface area contributed by atoms with Crippen molar-refractivity contribution >= 4 is 5.91 Å². The molecular formula is C14H26N2O. The van der Waals surface area contributed by atoms with Gasteiger partial charge < -0.3 is 10.2 Å². The minimum absolute atomic E-state index is 0.0827. The summed E-state index contributed by atoms with van der Waals surface area (Å²) in [6.45, 7) is 3.24. The molecule has 0 aromatic carbocycles. The molecule has 2 unspecified atom stereocenters. The summed E-state index contributed by atoms with van der Waals surface area (Å²) in [5, 5.41) is 3.40. The molecule has 1 N–H and O–H groups in total. The molecule has 1 aliphatic heterocycles. The number of carbonyl (C=O) groups is 1. The summed E-state index contributed by atoms with van der Waals surface area (Å²) in [6.07, 6.45) is 8.45. The van der Waals surface area contributed by atoms with Crippen molar-refractivity contribution in [3.05, 3.63) is 0 Å². The molecule has 17 heavy (non-hydrogen) atoms. The highest BCUT2D eigenvalue weighted by Crippen LogP contribution is 2.25. The molecule has 0 radical (unpaired) electrons. The largest absolute Gasteiger partial charge is 0.341 e.